The highest BCUT2D eigenvalue weighted by Gasteiger charge is 2.35. The molecule has 1 unspecified atom stereocenters. The van der Waals surface area contributed by atoms with Crippen LogP contribution in [0.1, 0.15) is 48.7 Å². The van der Waals surface area contributed by atoms with Gasteiger partial charge in [-0.15, -0.1) is 11.3 Å². The first-order valence-electron chi connectivity index (χ1n) is 15.6. The fourth-order valence-electron chi connectivity index (χ4n) is 6.12. The highest BCUT2D eigenvalue weighted by Crippen LogP contribution is 2.34. The second-order valence-corrected chi connectivity index (χ2v) is 14.6. The van der Waals surface area contributed by atoms with E-state index in [1.807, 2.05) is 30.3 Å². The van der Waals surface area contributed by atoms with Gasteiger partial charge in [0.25, 0.3) is 0 Å². The number of anilines is 1. The van der Waals surface area contributed by atoms with Crippen molar-refractivity contribution in [1.82, 2.24) is 14.6 Å². The van der Waals surface area contributed by atoms with E-state index >= 15 is 0 Å². The van der Waals surface area contributed by atoms with E-state index < -0.39 is 22.7 Å². The van der Waals surface area contributed by atoms with E-state index in [0.29, 0.717) is 61.6 Å². The summed E-state index contributed by atoms with van der Waals surface area (Å²) in [7, 11) is -4.26. The Hall–Kier alpha value is -3.13. The zero-order chi connectivity index (χ0) is 32.0. The summed E-state index contributed by atoms with van der Waals surface area (Å²) in [6, 6.07) is 9.91. The van der Waals surface area contributed by atoms with Crippen molar-refractivity contribution >= 4 is 49.1 Å². The van der Waals surface area contributed by atoms with E-state index in [0.717, 1.165) is 15.8 Å². The average Bonchev–Trinajstić information content (AvgIpc) is 3.45. The molecule has 10 nitrogen and oxygen atoms in total. The number of hydrogen-bond donors (Lipinski definition) is 3. The van der Waals surface area contributed by atoms with Gasteiger partial charge in [-0.3, -0.25) is 14.0 Å². The number of carbonyl (C=O) groups excluding carboxylic acids is 2. The van der Waals surface area contributed by atoms with Gasteiger partial charge in [-0.1, -0.05) is 18.2 Å². The first-order chi connectivity index (χ1) is 21.7. The number of nitrogens with one attached hydrogen (secondary N) is 2. The highest BCUT2D eigenvalue weighted by atomic mass is 32.2. The number of fused-ring (bicyclic) bond motifs is 2. The van der Waals surface area contributed by atoms with Gasteiger partial charge < -0.3 is 20.1 Å². The number of rotatable bonds is 13. The minimum Gasteiger partial charge on any atom is -0.466 e. The number of hydrogen-bond acceptors (Lipinski definition) is 9. The van der Waals surface area contributed by atoms with Gasteiger partial charge in [-0.05, 0) is 74.3 Å². The van der Waals surface area contributed by atoms with Crippen molar-refractivity contribution < 1.29 is 32.2 Å². The van der Waals surface area contributed by atoms with Crippen molar-refractivity contribution in [1.29, 1.82) is 0 Å². The molecule has 13 heteroatoms. The van der Waals surface area contributed by atoms with Gasteiger partial charge in [0.05, 0.1) is 34.2 Å². The van der Waals surface area contributed by atoms with Crippen LogP contribution in [0.25, 0.3) is 10.2 Å². The Balaban J connectivity index is 1.46. The summed E-state index contributed by atoms with van der Waals surface area (Å²) in [6.07, 6.45) is 2.72. The molecule has 0 spiro atoms. The maximum absolute atomic E-state index is 14.2. The van der Waals surface area contributed by atoms with Gasteiger partial charge in [-0.2, -0.15) is 4.72 Å². The van der Waals surface area contributed by atoms with Crippen LogP contribution < -0.4 is 10.0 Å². The molecule has 3 N–H and O–H groups in total. The zero-order valence-electron chi connectivity index (χ0n) is 25.5. The number of thiazole rings is 1. The van der Waals surface area contributed by atoms with Gasteiger partial charge in [0, 0.05) is 45.0 Å². The summed E-state index contributed by atoms with van der Waals surface area (Å²) in [5.41, 5.74) is 2.59. The third kappa shape index (κ3) is 8.18. The van der Waals surface area contributed by atoms with Gasteiger partial charge >= 0.3 is 5.97 Å². The summed E-state index contributed by atoms with van der Waals surface area (Å²) in [6.45, 7) is 2.80. The van der Waals surface area contributed by atoms with E-state index in [9.17, 15) is 27.5 Å². The predicted octanol–water partition coefficient (Wildman–Crippen LogP) is 3.86. The van der Waals surface area contributed by atoms with Crippen LogP contribution in [0.2, 0.25) is 0 Å². The van der Waals surface area contributed by atoms with Crippen LogP contribution in [0.5, 0.6) is 0 Å². The summed E-state index contributed by atoms with van der Waals surface area (Å²) in [4.78, 5) is 32.4. The Morgan fingerprint density at radius 1 is 1.22 bits per heavy atom. The highest BCUT2D eigenvalue weighted by molar-refractivity contribution is 7.89. The van der Waals surface area contributed by atoms with Crippen molar-refractivity contribution in [2.45, 2.75) is 62.8 Å². The van der Waals surface area contributed by atoms with Crippen molar-refractivity contribution in [3.05, 3.63) is 52.5 Å². The number of carbonyl (C=O) groups is 2. The molecule has 2 aromatic carbocycles. The Bertz CT molecular complexity index is 1570. The van der Waals surface area contributed by atoms with Crippen LogP contribution in [-0.4, -0.2) is 80.8 Å². The topological polar surface area (TPSA) is 138 Å². The average molecular weight is 661 g/mol. The molecule has 45 heavy (non-hydrogen) atoms. The van der Waals surface area contributed by atoms with Crippen molar-refractivity contribution in [3.8, 4) is 0 Å². The number of aromatic nitrogens is 1. The number of aliphatic hydroxyl groups excluding tert-OH is 1. The number of ether oxygens (including phenoxy) is 1. The number of benzene rings is 2. The minimum atomic E-state index is -4.26. The number of halogens is 1. The van der Waals surface area contributed by atoms with Crippen molar-refractivity contribution in [2.24, 2.45) is 11.8 Å². The lowest BCUT2D eigenvalue weighted by molar-refractivity contribution is -0.143. The second-order valence-electron chi connectivity index (χ2n) is 11.8. The maximum atomic E-state index is 14.2. The van der Waals surface area contributed by atoms with Gasteiger partial charge in [0.2, 0.25) is 15.9 Å². The Morgan fingerprint density at radius 2 is 2.00 bits per heavy atom. The number of aryl methyl sites for hydroxylation is 1. The molecule has 2 aliphatic heterocycles. The molecule has 1 amide bonds. The summed E-state index contributed by atoms with van der Waals surface area (Å²) < 4.78 is 50.1. The Kier molecular flexibility index (Phi) is 11.1. The third-order valence-corrected chi connectivity index (χ3v) is 11.1. The second kappa shape index (κ2) is 15.0. The molecule has 3 aromatic rings. The molecule has 5 rings (SSSR count). The van der Waals surface area contributed by atoms with Crippen LogP contribution in [0.4, 0.5) is 10.1 Å². The lowest BCUT2D eigenvalue weighted by atomic mass is 9.92. The van der Waals surface area contributed by atoms with Crippen LogP contribution in [0.3, 0.4) is 0 Å². The number of amides is 1. The van der Waals surface area contributed by atoms with Crippen molar-refractivity contribution in [2.75, 3.05) is 44.8 Å². The SMILES string of the molecule is CCOC(=O)CCc1cc2c(c(S(=O)(=O)N[C@@H](Cc3nc4ccccc4s3)C(=O)N3CCC(CCF)CC3)c1)NCC(CO)C2. The standard InChI is InChI=1S/C32H41FN4O6S2/c1-2-43-30(39)8-7-22-15-24-16-23(20-38)19-34-31(24)28(17-22)45(41,42)36-26(18-29-35-25-5-3-4-6-27(25)44-29)32(40)37-13-10-21(9-12-33)11-14-37/h3-6,15,17,21,23,26,34,36,38H,2,7-14,16,18-20H2,1H3/t23?,26-/m0/s1. The first kappa shape index (κ1) is 33.2. The zero-order valence-corrected chi connectivity index (χ0v) is 27.1. The summed E-state index contributed by atoms with van der Waals surface area (Å²) >= 11 is 1.42. The quantitative estimate of drug-likeness (QED) is 0.235. The van der Waals surface area contributed by atoms with Crippen LogP contribution in [0.15, 0.2) is 41.3 Å². The molecule has 1 aromatic heterocycles. The number of nitrogens with zero attached hydrogens (tertiary/aromatic N) is 2. The lowest BCUT2D eigenvalue weighted by Crippen LogP contribution is -2.51. The largest absolute Gasteiger partial charge is 0.466 e. The van der Waals surface area contributed by atoms with E-state index in [4.69, 9.17) is 4.74 Å². The van der Waals surface area contributed by atoms with E-state index in [1.54, 1.807) is 17.9 Å². The fraction of sp³-hybridized carbons (Fsp3) is 0.531. The van der Waals surface area contributed by atoms with Crippen LogP contribution in [-0.2, 0) is 43.6 Å². The fourth-order valence-corrected chi connectivity index (χ4v) is 8.60. The smallest absolute Gasteiger partial charge is 0.306 e. The molecule has 2 atom stereocenters. The van der Waals surface area contributed by atoms with Gasteiger partial charge in [-0.25, -0.2) is 13.4 Å². The molecule has 2 aliphatic rings. The van der Waals surface area contributed by atoms with Gasteiger partial charge in [0.1, 0.15) is 10.9 Å². The number of piperidine rings is 1. The molecular weight excluding hydrogens is 620 g/mol. The maximum Gasteiger partial charge on any atom is 0.306 e. The molecule has 3 heterocycles. The molecule has 1 saturated heterocycles. The predicted molar refractivity (Wildman–Crippen MR) is 171 cm³/mol. The molecule has 0 bridgehead atoms. The summed E-state index contributed by atoms with van der Waals surface area (Å²) in [5.74, 6) is -0.593. The molecule has 0 aliphatic carbocycles. The van der Waals surface area contributed by atoms with E-state index in [-0.39, 0.29) is 61.1 Å². The number of para-hydroxylation sites is 1. The lowest BCUT2D eigenvalue weighted by Gasteiger charge is -2.34. The Labute approximate surface area is 267 Å². The first-order valence-corrected chi connectivity index (χ1v) is 17.9. The van der Waals surface area contributed by atoms with Gasteiger partial charge in [0.15, 0.2) is 0 Å². The minimum absolute atomic E-state index is 0.000924. The van der Waals surface area contributed by atoms with Crippen LogP contribution >= 0.6 is 11.3 Å². The molecule has 1 fully saturated rings. The number of esters is 1. The number of aliphatic hydroxyl groups is 1. The summed E-state index contributed by atoms with van der Waals surface area (Å²) in [5, 5.41) is 13.6. The number of alkyl halides is 1. The molecule has 244 valence electrons. The third-order valence-electron chi connectivity index (χ3n) is 8.55. The monoisotopic (exact) mass is 660 g/mol. The molecule has 0 saturated carbocycles. The molecular formula is C32H41FN4O6S2. The normalized spacial score (nSPS) is 17.9. The Morgan fingerprint density at radius 3 is 2.71 bits per heavy atom. The van der Waals surface area contributed by atoms with Crippen molar-refractivity contribution in [3.63, 3.8) is 0 Å². The van der Waals surface area contributed by atoms with Crippen LogP contribution in [0, 0.1) is 11.8 Å². The van der Waals surface area contributed by atoms with E-state index in [1.165, 1.54) is 11.3 Å². The number of likely N-dealkylation sites (tertiary alicyclic amines) is 1. The van der Waals surface area contributed by atoms with E-state index in [2.05, 4.69) is 15.0 Å². The number of sulfonamides is 1. The molecule has 0 radical (unpaired) electrons.